The van der Waals surface area contributed by atoms with E-state index in [1.54, 1.807) is 37.4 Å². The van der Waals surface area contributed by atoms with Gasteiger partial charge in [0.2, 0.25) is 5.82 Å². The van der Waals surface area contributed by atoms with Gasteiger partial charge < -0.3 is 18.7 Å². The lowest BCUT2D eigenvalue weighted by Crippen LogP contribution is -2.08. The minimum Gasteiger partial charge on any atom is -0.493 e. The highest BCUT2D eigenvalue weighted by molar-refractivity contribution is 5.97. The first-order valence-electron chi connectivity index (χ1n) is 9.30. The minimum absolute atomic E-state index is 0.0244. The molecule has 1 heterocycles. The number of nitrogens with zero attached hydrogens (tertiary/aromatic N) is 2. The zero-order valence-corrected chi connectivity index (χ0v) is 17.0. The van der Waals surface area contributed by atoms with Crippen molar-refractivity contribution >= 4 is 11.8 Å². The first-order chi connectivity index (χ1) is 14.5. The quantitative estimate of drug-likeness (QED) is 0.388. The van der Waals surface area contributed by atoms with E-state index in [-0.39, 0.29) is 31.1 Å². The molecule has 30 heavy (non-hydrogen) atoms. The van der Waals surface area contributed by atoms with Gasteiger partial charge in [0.05, 0.1) is 20.6 Å². The molecule has 8 nitrogen and oxygen atoms in total. The van der Waals surface area contributed by atoms with E-state index >= 15 is 0 Å². The van der Waals surface area contributed by atoms with Gasteiger partial charge in [0, 0.05) is 17.5 Å². The Labute approximate surface area is 173 Å². The lowest BCUT2D eigenvalue weighted by atomic mass is 10.1. The summed E-state index contributed by atoms with van der Waals surface area (Å²) in [5, 5.41) is 3.89. The molecule has 0 bridgehead atoms. The third-order valence-electron chi connectivity index (χ3n) is 4.40. The molecule has 0 aliphatic rings. The van der Waals surface area contributed by atoms with Crippen LogP contribution < -0.4 is 9.47 Å². The van der Waals surface area contributed by atoms with E-state index in [0.717, 1.165) is 5.56 Å². The van der Waals surface area contributed by atoms with Gasteiger partial charge in [0.1, 0.15) is 0 Å². The van der Waals surface area contributed by atoms with Crippen molar-refractivity contribution in [1.29, 1.82) is 0 Å². The number of ether oxygens (including phenoxy) is 3. The predicted molar refractivity (Wildman–Crippen MR) is 107 cm³/mol. The molecule has 0 N–H and O–H groups in total. The van der Waals surface area contributed by atoms with Crippen LogP contribution in [0.5, 0.6) is 11.5 Å². The number of aromatic nitrogens is 2. The lowest BCUT2D eigenvalue weighted by molar-refractivity contribution is -0.145. The van der Waals surface area contributed by atoms with Crippen LogP contribution in [0.25, 0.3) is 11.4 Å². The first-order valence-corrected chi connectivity index (χ1v) is 9.30. The molecule has 0 fully saturated rings. The summed E-state index contributed by atoms with van der Waals surface area (Å²) >= 11 is 0. The summed E-state index contributed by atoms with van der Waals surface area (Å²) in [4.78, 5) is 28.3. The molecular formula is C22H22N2O6. The Hall–Kier alpha value is -3.68. The molecule has 156 valence electrons. The van der Waals surface area contributed by atoms with Crippen LogP contribution in [0.4, 0.5) is 0 Å². The zero-order chi connectivity index (χ0) is 21.5. The molecule has 0 saturated heterocycles. The highest BCUT2D eigenvalue weighted by Gasteiger charge is 2.15. The summed E-state index contributed by atoms with van der Waals surface area (Å²) in [5.41, 5.74) is 2.31. The molecular weight excluding hydrogens is 388 g/mol. The van der Waals surface area contributed by atoms with Gasteiger partial charge in [-0.15, -0.1) is 0 Å². The van der Waals surface area contributed by atoms with Crippen molar-refractivity contribution in [3.8, 4) is 22.9 Å². The molecule has 2 aromatic carbocycles. The number of hydrogen-bond donors (Lipinski definition) is 0. The standard InChI is InChI=1S/C22H22N2O6/c1-14-4-6-15(7-5-14)17(25)9-11-21(26)29-13-20-23-22(24-30-20)16-8-10-18(27-2)19(12-16)28-3/h4-8,10,12H,9,11,13H2,1-3H3. The Kier molecular flexibility index (Phi) is 6.79. The smallest absolute Gasteiger partial charge is 0.306 e. The third kappa shape index (κ3) is 5.22. The maximum Gasteiger partial charge on any atom is 0.306 e. The number of carbonyl (C=O) groups is 2. The number of ketones is 1. The second kappa shape index (κ2) is 9.69. The van der Waals surface area contributed by atoms with Crippen LogP contribution >= 0.6 is 0 Å². The van der Waals surface area contributed by atoms with Gasteiger partial charge in [-0.2, -0.15) is 4.98 Å². The Morgan fingerprint density at radius 3 is 2.40 bits per heavy atom. The highest BCUT2D eigenvalue weighted by atomic mass is 16.6. The molecule has 0 atom stereocenters. The number of benzene rings is 2. The summed E-state index contributed by atoms with van der Waals surface area (Å²) in [6, 6.07) is 12.4. The van der Waals surface area contributed by atoms with Crippen LogP contribution in [0, 0.1) is 6.92 Å². The SMILES string of the molecule is COc1ccc(-c2noc(COC(=O)CCC(=O)c3ccc(C)cc3)n2)cc1OC. The topological polar surface area (TPSA) is 101 Å². The summed E-state index contributed by atoms with van der Waals surface area (Å²) < 4.78 is 20.7. The van der Waals surface area contributed by atoms with E-state index in [9.17, 15) is 9.59 Å². The molecule has 3 rings (SSSR count). The molecule has 8 heteroatoms. The van der Waals surface area contributed by atoms with E-state index in [0.29, 0.717) is 28.5 Å². The zero-order valence-electron chi connectivity index (χ0n) is 17.0. The molecule has 3 aromatic rings. The molecule has 0 saturated carbocycles. The van der Waals surface area contributed by atoms with Gasteiger partial charge in [0.15, 0.2) is 23.9 Å². The summed E-state index contributed by atoms with van der Waals surface area (Å²) in [5.74, 6) is 0.974. The second-order valence-electron chi connectivity index (χ2n) is 6.53. The van der Waals surface area contributed by atoms with Crippen LogP contribution in [0.2, 0.25) is 0 Å². The normalized spacial score (nSPS) is 10.5. The van der Waals surface area contributed by atoms with Crippen molar-refractivity contribution in [3.05, 3.63) is 59.5 Å². The second-order valence-corrected chi connectivity index (χ2v) is 6.53. The van der Waals surface area contributed by atoms with Crippen molar-refractivity contribution in [3.63, 3.8) is 0 Å². The summed E-state index contributed by atoms with van der Waals surface area (Å²) in [6.07, 6.45) is 0.0476. The first kappa shape index (κ1) is 21.0. The van der Waals surface area contributed by atoms with Gasteiger partial charge in [-0.05, 0) is 25.1 Å². The van der Waals surface area contributed by atoms with Crippen LogP contribution in [0.1, 0.15) is 34.7 Å². The number of esters is 1. The van der Waals surface area contributed by atoms with Crippen molar-refractivity contribution in [2.75, 3.05) is 14.2 Å². The minimum atomic E-state index is -0.513. The third-order valence-corrected chi connectivity index (χ3v) is 4.40. The van der Waals surface area contributed by atoms with Crippen LogP contribution in [0.3, 0.4) is 0 Å². The fourth-order valence-corrected chi connectivity index (χ4v) is 2.72. The molecule has 0 aliphatic carbocycles. The Balaban J connectivity index is 1.52. The number of Topliss-reactive ketones (excluding diaryl/α,β-unsaturated/α-hetero) is 1. The largest absolute Gasteiger partial charge is 0.493 e. The Morgan fingerprint density at radius 2 is 1.70 bits per heavy atom. The maximum atomic E-state index is 12.1. The predicted octanol–water partition coefficient (Wildman–Crippen LogP) is 3.77. The average Bonchev–Trinajstić information content (AvgIpc) is 3.25. The fourth-order valence-electron chi connectivity index (χ4n) is 2.72. The van der Waals surface area contributed by atoms with E-state index in [2.05, 4.69) is 10.1 Å². The molecule has 0 unspecified atom stereocenters. The molecule has 0 radical (unpaired) electrons. The van der Waals surface area contributed by atoms with Gasteiger partial charge in [-0.3, -0.25) is 9.59 Å². The Bertz CT molecular complexity index is 1030. The molecule has 0 spiro atoms. The van der Waals surface area contributed by atoms with Crippen molar-refractivity contribution in [2.45, 2.75) is 26.4 Å². The van der Waals surface area contributed by atoms with E-state index < -0.39 is 5.97 Å². The van der Waals surface area contributed by atoms with Crippen molar-refractivity contribution in [1.82, 2.24) is 10.1 Å². The summed E-state index contributed by atoms with van der Waals surface area (Å²) in [6.45, 7) is 1.78. The van der Waals surface area contributed by atoms with Crippen LogP contribution in [-0.4, -0.2) is 36.1 Å². The van der Waals surface area contributed by atoms with E-state index in [4.69, 9.17) is 18.7 Å². The number of aryl methyl sites for hydroxylation is 1. The number of hydrogen-bond acceptors (Lipinski definition) is 8. The van der Waals surface area contributed by atoms with Gasteiger partial charge in [-0.1, -0.05) is 35.0 Å². The molecule has 0 aliphatic heterocycles. The monoisotopic (exact) mass is 410 g/mol. The van der Waals surface area contributed by atoms with Crippen LogP contribution in [0.15, 0.2) is 47.0 Å². The number of rotatable bonds is 9. The van der Waals surface area contributed by atoms with Crippen molar-refractivity contribution in [2.24, 2.45) is 0 Å². The Morgan fingerprint density at radius 1 is 0.967 bits per heavy atom. The highest BCUT2D eigenvalue weighted by Crippen LogP contribution is 2.31. The summed E-state index contributed by atoms with van der Waals surface area (Å²) in [7, 11) is 3.08. The van der Waals surface area contributed by atoms with E-state index in [1.807, 2.05) is 19.1 Å². The van der Waals surface area contributed by atoms with Crippen molar-refractivity contribution < 1.29 is 28.3 Å². The van der Waals surface area contributed by atoms with Gasteiger partial charge in [0.25, 0.3) is 5.89 Å². The van der Waals surface area contributed by atoms with E-state index in [1.165, 1.54) is 7.11 Å². The van der Waals surface area contributed by atoms with Gasteiger partial charge >= 0.3 is 5.97 Å². The van der Waals surface area contributed by atoms with Gasteiger partial charge in [-0.25, -0.2) is 0 Å². The number of methoxy groups -OCH3 is 2. The lowest BCUT2D eigenvalue weighted by Gasteiger charge is -2.07. The average molecular weight is 410 g/mol. The molecule has 0 amide bonds. The van der Waals surface area contributed by atoms with Crippen LogP contribution in [-0.2, 0) is 16.1 Å². The fraction of sp³-hybridized carbons (Fsp3) is 0.273. The molecule has 1 aromatic heterocycles. The number of carbonyl (C=O) groups excluding carboxylic acids is 2. The maximum absolute atomic E-state index is 12.1.